The van der Waals surface area contributed by atoms with Crippen LogP contribution < -0.4 is 0 Å². The number of carboxylic acid groups (broad SMARTS) is 2. The number of carbonyl (C=O) groups is 3. The molecule has 1 saturated heterocycles. The molecule has 3 aromatic rings. The zero-order valence-electron chi connectivity index (χ0n) is 20.2. The van der Waals surface area contributed by atoms with E-state index in [1.165, 1.54) is 48.9 Å². The Hall–Kier alpha value is -3.71. The number of hydrogen-bond acceptors (Lipinski definition) is 4. The smallest absolute Gasteiger partial charge is 0.328 e. The molecule has 5 rings (SSSR count). The molecule has 0 amide bonds. The lowest BCUT2D eigenvalue weighted by atomic mass is 9.74. The number of benzene rings is 2. The molecule has 7 nitrogen and oxygen atoms in total. The zero-order valence-corrected chi connectivity index (χ0v) is 20.2. The highest BCUT2D eigenvalue weighted by Crippen LogP contribution is 2.38. The number of aromatic nitrogens is 1. The van der Waals surface area contributed by atoms with Crippen molar-refractivity contribution in [3.63, 3.8) is 0 Å². The number of aromatic amines is 1. The first kappa shape index (κ1) is 25.4. The number of carboxylic acids is 2. The lowest BCUT2D eigenvalue weighted by Gasteiger charge is -2.41. The van der Waals surface area contributed by atoms with E-state index in [1.54, 1.807) is 5.56 Å². The lowest BCUT2D eigenvalue weighted by Crippen LogP contribution is -2.44. The number of hydrogen-bond donors (Lipinski definition) is 3. The van der Waals surface area contributed by atoms with Gasteiger partial charge in [-0.1, -0.05) is 48.5 Å². The second-order valence-corrected chi connectivity index (χ2v) is 9.55. The summed E-state index contributed by atoms with van der Waals surface area (Å²) in [7, 11) is 0. The molecule has 2 aromatic carbocycles. The number of nitrogens with one attached hydrogen (secondary N) is 1. The van der Waals surface area contributed by atoms with Gasteiger partial charge in [0.25, 0.3) is 0 Å². The van der Waals surface area contributed by atoms with Crippen LogP contribution in [-0.2, 0) is 22.4 Å². The molecule has 1 aliphatic heterocycles. The van der Waals surface area contributed by atoms with Gasteiger partial charge < -0.3 is 20.1 Å². The first-order valence-corrected chi connectivity index (χ1v) is 12.4. The maximum atomic E-state index is 12.3. The number of para-hydroxylation sites is 1. The number of H-pyrrole nitrogens is 1. The number of likely N-dealkylation sites (tertiary alicyclic amines) is 1. The molecule has 0 radical (unpaired) electrons. The molecule has 1 aliphatic carbocycles. The number of ketones is 1. The molecule has 1 aromatic heterocycles. The predicted octanol–water partition coefficient (Wildman–Crippen LogP) is 4.58. The van der Waals surface area contributed by atoms with Crippen LogP contribution in [0.25, 0.3) is 10.9 Å². The van der Waals surface area contributed by atoms with Crippen molar-refractivity contribution in [1.82, 2.24) is 9.88 Å². The Labute approximate surface area is 210 Å². The maximum absolute atomic E-state index is 12.3. The van der Waals surface area contributed by atoms with Crippen molar-refractivity contribution in [2.75, 3.05) is 19.6 Å². The van der Waals surface area contributed by atoms with Gasteiger partial charge in [-0.25, -0.2) is 9.59 Å². The fourth-order valence-corrected chi connectivity index (χ4v) is 5.42. The minimum atomic E-state index is -1.26. The van der Waals surface area contributed by atoms with Gasteiger partial charge in [0, 0.05) is 47.3 Å². The van der Waals surface area contributed by atoms with Crippen molar-refractivity contribution >= 4 is 28.6 Å². The number of piperidine rings is 1. The Balaban J connectivity index is 0.000000331. The average molecular weight is 489 g/mol. The van der Waals surface area contributed by atoms with Crippen molar-refractivity contribution in [2.45, 2.75) is 32.1 Å². The predicted molar refractivity (Wildman–Crippen MR) is 138 cm³/mol. The summed E-state index contributed by atoms with van der Waals surface area (Å²) < 4.78 is 0. The second kappa shape index (κ2) is 11.8. The van der Waals surface area contributed by atoms with Crippen molar-refractivity contribution < 1.29 is 24.6 Å². The minimum Gasteiger partial charge on any atom is -0.478 e. The van der Waals surface area contributed by atoms with Crippen LogP contribution in [0.5, 0.6) is 0 Å². The third-order valence-corrected chi connectivity index (χ3v) is 7.15. The van der Waals surface area contributed by atoms with Gasteiger partial charge in [-0.3, -0.25) is 4.79 Å². The number of nitrogens with zero attached hydrogens (tertiary/aromatic N) is 1. The summed E-state index contributed by atoms with van der Waals surface area (Å²) in [5, 5.41) is 17.0. The van der Waals surface area contributed by atoms with Crippen molar-refractivity contribution in [3.8, 4) is 0 Å². The summed E-state index contributed by atoms with van der Waals surface area (Å²) in [4.78, 5) is 37.7. The highest BCUT2D eigenvalue weighted by molar-refractivity contribution is 5.96. The van der Waals surface area contributed by atoms with E-state index in [9.17, 15) is 14.4 Å². The summed E-state index contributed by atoms with van der Waals surface area (Å²) in [6.45, 7) is 3.40. The Morgan fingerprint density at radius 2 is 1.61 bits per heavy atom. The van der Waals surface area contributed by atoms with Crippen molar-refractivity contribution in [2.24, 2.45) is 11.8 Å². The van der Waals surface area contributed by atoms with Gasteiger partial charge in [0.2, 0.25) is 0 Å². The first-order chi connectivity index (χ1) is 17.4. The molecule has 0 spiro atoms. The molecule has 7 heteroatoms. The van der Waals surface area contributed by atoms with Crippen LogP contribution in [0.1, 0.15) is 40.9 Å². The van der Waals surface area contributed by atoms with Crippen molar-refractivity contribution in [1.29, 1.82) is 0 Å². The normalized spacial score (nSPS) is 19.2. The molecule has 0 unspecified atom stereocenters. The molecule has 1 fully saturated rings. The second-order valence-electron chi connectivity index (χ2n) is 9.55. The molecule has 0 bridgehead atoms. The number of carbonyl (C=O) groups excluding carboxylic acids is 1. The molecule has 2 aliphatic rings. The summed E-state index contributed by atoms with van der Waals surface area (Å²) >= 11 is 0. The van der Waals surface area contributed by atoms with Gasteiger partial charge in [-0.05, 0) is 62.2 Å². The van der Waals surface area contributed by atoms with Crippen LogP contribution in [0.3, 0.4) is 0 Å². The Morgan fingerprint density at radius 1 is 0.917 bits per heavy atom. The van der Waals surface area contributed by atoms with Crippen LogP contribution in [-0.4, -0.2) is 57.5 Å². The highest BCUT2D eigenvalue weighted by Gasteiger charge is 2.34. The Bertz CT molecular complexity index is 1230. The summed E-state index contributed by atoms with van der Waals surface area (Å²) in [6.07, 6.45) is 6.42. The van der Waals surface area contributed by atoms with Gasteiger partial charge in [0.1, 0.15) is 0 Å². The van der Waals surface area contributed by atoms with Gasteiger partial charge >= 0.3 is 11.9 Å². The van der Waals surface area contributed by atoms with E-state index in [1.807, 2.05) is 30.3 Å². The molecule has 2 atom stereocenters. The molecular formula is C29H32N2O5. The van der Waals surface area contributed by atoms with Crippen LogP contribution >= 0.6 is 0 Å². The van der Waals surface area contributed by atoms with Crippen LogP contribution in [0.15, 0.2) is 66.7 Å². The minimum absolute atomic E-state index is 0.275. The van der Waals surface area contributed by atoms with Crippen molar-refractivity contribution in [3.05, 3.63) is 83.6 Å². The third kappa shape index (κ3) is 6.49. The molecule has 0 saturated carbocycles. The van der Waals surface area contributed by atoms with E-state index in [0.717, 1.165) is 30.4 Å². The maximum Gasteiger partial charge on any atom is 0.328 e. The number of aliphatic carboxylic acids is 2. The van der Waals surface area contributed by atoms with Gasteiger partial charge in [-0.2, -0.15) is 0 Å². The summed E-state index contributed by atoms with van der Waals surface area (Å²) in [5.74, 6) is -0.676. The highest BCUT2D eigenvalue weighted by atomic mass is 16.4. The molecule has 2 heterocycles. The lowest BCUT2D eigenvalue weighted by molar-refractivity contribution is -0.134. The number of fused-ring (bicyclic) bond motifs is 4. The van der Waals surface area contributed by atoms with E-state index in [-0.39, 0.29) is 5.78 Å². The van der Waals surface area contributed by atoms with E-state index >= 15 is 0 Å². The largest absolute Gasteiger partial charge is 0.478 e. The number of rotatable bonds is 7. The number of Topliss-reactive ketones (excluding diaryl/α,β-unsaturated/α-hetero) is 1. The molecular weight excluding hydrogens is 456 g/mol. The Kier molecular flexibility index (Phi) is 8.33. The van der Waals surface area contributed by atoms with E-state index in [2.05, 4.69) is 34.1 Å². The first-order valence-electron chi connectivity index (χ1n) is 12.4. The van der Waals surface area contributed by atoms with E-state index in [4.69, 9.17) is 10.2 Å². The van der Waals surface area contributed by atoms with Gasteiger partial charge in [0.05, 0.1) is 0 Å². The van der Waals surface area contributed by atoms with E-state index in [0.29, 0.717) is 18.6 Å². The Morgan fingerprint density at radius 3 is 2.33 bits per heavy atom. The van der Waals surface area contributed by atoms with Crippen LogP contribution in [0.4, 0.5) is 0 Å². The quantitative estimate of drug-likeness (QED) is 0.332. The standard InChI is InChI=1S/C25H28N2O.C4H4O4/c28-25(18-7-2-1-3-8-18)11-6-13-27-14-12-19-16-24-22(15-20(19)17-27)21-9-4-5-10-23(21)26-24;5-3(6)1-2-4(7)8/h1-5,7-10,19-20,26H,6,11-17H2;1-2H,(H,5,6)(H,7,8)/b;2-1+/t19-,20+;/m1./s1. The topological polar surface area (TPSA) is 111 Å². The SMILES string of the molecule is O=C(CCCN1CC[C@@H]2Cc3[nH]c4ccccc4c3C[C@H]2C1)c1ccccc1.O=C(O)/C=C/C(=O)O. The fraction of sp³-hybridized carbons (Fsp3) is 0.345. The fourth-order valence-electron chi connectivity index (χ4n) is 5.42. The summed E-state index contributed by atoms with van der Waals surface area (Å²) in [5.41, 5.74) is 5.17. The molecule has 36 heavy (non-hydrogen) atoms. The van der Waals surface area contributed by atoms with Crippen LogP contribution in [0, 0.1) is 11.8 Å². The van der Waals surface area contributed by atoms with E-state index < -0.39 is 11.9 Å². The van der Waals surface area contributed by atoms with Crippen LogP contribution in [0.2, 0.25) is 0 Å². The summed E-state index contributed by atoms with van der Waals surface area (Å²) in [6, 6.07) is 18.4. The van der Waals surface area contributed by atoms with Gasteiger partial charge in [0.15, 0.2) is 5.78 Å². The van der Waals surface area contributed by atoms with Gasteiger partial charge in [-0.15, -0.1) is 0 Å². The third-order valence-electron chi connectivity index (χ3n) is 7.15. The average Bonchev–Trinajstić information content (AvgIpc) is 3.24. The molecule has 3 N–H and O–H groups in total. The molecule has 188 valence electrons. The monoisotopic (exact) mass is 488 g/mol. The zero-order chi connectivity index (χ0) is 25.5.